The van der Waals surface area contributed by atoms with Gasteiger partial charge in [-0.15, -0.1) is 0 Å². The van der Waals surface area contributed by atoms with Crippen LogP contribution in [-0.2, 0) is 4.79 Å². The Labute approximate surface area is 146 Å². The average molecular weight is 338 g/mol. The molecule has 2 rings (SSSR count). The predicted molar refractivity (Wildman–Crippen MR) is 96.9 cm³/mol. The first-order chi connectivity index (χ1) is 11.6. The van der Waals surface area contributed by atoms with E-state index in [1.807, 2.05) is 11.9 Å². The van der Waals surface area contributed by atoms with Gasteiger partial charge in [0.25, 0.3) is 0 Å². The molecule has 0 atom stereocenters. The first-order valence-corrected chi connectivity index (χ1v) is 9.93. The largest absolute Gasteiger partial charge is 0.345 e. The zero-order valence-electron chi connectivity index (χ0n) is 15.3. The number of nitrogens with zero attached hydrogens (tertiary/aromatic N) is 1. The topological polar surface area (TPSA) is 61.4 Å². The molecule has 2 aliphatic rings. The van der Waals surface area contributed by atoms with Gasteiger partial charge in [0.15, 0.2) is 0 Å². The molecule has 2 aliphatic carbocycles. The molecular weight excluding hydrogens is 302 g/mol. The minimum atomic E-state index is -0.0788. The highest BCUT2D eigenvalue weighted by Gasteiger charge is 2.18. The van der Waals surface area contributed by atoms with Crippen LogP contribution in [0.5, 0.6) is 0 Å². The summed E-state index contributed by atoms with van der Waals surface area (Å²) in [6.45, 7) is 1.47. The second-order valence-corrected chi connectivity index (χ2v) is 7.62. The number of rotatable bonds is 7. The Hall–Kier alpha value is -1.26. The van der Waals surface area contributed by atoms with Crippen LogP contribution in [0.1, 0.15) is 77.0 Å². The second-order valence-electron chi connectivity index (χ2n) is 7.62. The Morgan fingerprint density at radius 2 is 1.58 bits per heavy atom. The molecule has 0 aromatic heterocycles. The molecule has 2 saturated carbocycles. The van der Waals surface area contributed by atoms with Crippen LogP contribution in [0.4, 0.5) is 4.79 Å². The molecule has 0 aromatic rings. The van der Waals surface area contributed by atoms with Gasteiger partial charge in [0.2, 0.25) is 5.91 Å². The summed E-state index contributed by atoms with van der Waals surface area (Å²) in [5, 5.41) is 5.92. The molecule has 0 saturated heterocycles. The summed E-state index contributed by atoms with van der Waals surface area (Å²) >= 11 is 0. The Balaban J connectivity index is 1.52. The third kappa shape index (κ3) is 7.10. The van der Waals surface area contributed by atoms with Gasteiger partial charge in [0, 0.05) is 32.6 Å². The monoisotopic (exact) mass is 337 g/mol. The molecule has 0 aliphatic heterocycles. The average Bonchev–Trinajstić information content (AvgIpc) is 2.60. The van der Waals surface area contributed by atoms with Crippen molar-refractivity contribution in [3.63, 3.8) is 0 Å². The lowest BCUT2D eigenvalue weighted by Gasteiger charge is -2.27. The fourth-order valence-corrected chi connectivity index (χ4v) is 3.97. The molecule has 0 spiro atoms. The van der Waals surface area contributed by atoms with Crippen LogP contribution in [0.25, 0.3) is 0 Å². The number of carbonyl (C=O) groups excluding carboxylic acids is 2. The van der Waals surface area contributed by atoms with Crippen molar-refractivity contribution >= 4 is 11.9 Å². The quantitative estimate of drug-likeness (QED) is 0.699. The van der Waals surface area contributed by atoms with Crippen molar-refractivity contribution in [2.45, 2.75) is 83.1 Å². The van der Waals surface area contributed by atoms with Crippen LogP contribution < -0.4 is 10.6 Å². The van der Waals surface area contributed by atoms with Crippen molar-refractivity contribution in [1.29, 1.82) is 0 Å². The molecule has 5 heteroatoms. The first kappa shape index (κ1) is 19.1. The van der Waals surface area contributed by atoms with Gasteiger partial charge in [-0.25, -0.2) is 4.79 Å². The van der Waals surface area contributed by atoms with E-state index >= 15 is 0 Å². The Kier molecular flexibility index (Phi) is 8.40. The van der Waals surface area contributed by atoms with E-state index in [1.54, 1.807) is 0 Å². The fourth-order valence-electron chi connectivity index (χ4n) is 3.97. The number of hydrogen-bond acceptors (Lipinski definition) is 2. The number of hydrogen-bond donors (Lipinski definition) is 2. The van der Waals surface area contributed by atoms with E-state index in [-0.39, 0.29) is 11.9 Å². The van der Waals surface area contributed by atoms with Gasteiger partial charge in [-0.3, -0.25) is 4.79 Å². The Bertz CT molecular complexity index is 388. The van der Waals surface area contributed by atoms with Crippen LogP contribution in [0.2, 0.25) is 0 Å². The zero-order chi connectivity index (χ0) is 17.2. The van der Waals surface area contributed by atoms with Gasteiger partial charge in [-0.2, -0.15) is 0 Å². The number of carbonyl (C=O) groups is 2. The Morgan fingerprint density at radius 3 is 2.25 bits per heavy atom. The molecule has 138 valence electrons. The lowest BCUT2D eigenvalue weighted by atomic mass is 9.89. The second kappa shape index (κ2) is 10.6. The van der Waals surface area contributed by atoms with E-state index in [4.69, 9.17) is 0 Å². The number of nitrogens with one attached hydrogen (secondary N) is 2. The number of urea groups is 1. The molecule has 2 fully saturated rings. The summed E-state index contributed by atoms with van der Waals surface area (Å²) in [5.74, 6) is 0.891. The van der Waals surface area contributed by atoms with E-state index < -0.39 is 0 Å². The summed E-state index contributed by atoms with van der Waals surface area (Å²) in [7, 11) is 1.92. The molecule has 3 amide bonds. The smallest absolute Gasteiger partial charge is 0.315 e. The van der Waals surface area contributed by atoms with Crippen LogP contribution in [0.3, 0.4) is 0 Å². The highest BCUT2D eigenvalue weighted by Crippen LogP contribution is 2.24. The van der Waals surface area contributed by atoms with Crippen LogP contribution >= 0.6 is 0 Å². The molecular formula is C19H35N3O2. The van der Waals surface area contributed by atoms with E-state index in [0.29, 0.717) is 31.3 Å². The molecule has 0 heterocycles. The van der Waals surface area contributed by atoms with Gasteiger partial charge in [-0.05, 0) is 38.0 Å². The molecule has 0 radical (unpaired) electrons. The highest BCUT2D eigenvalue weighted by molar-refractivity contribution is 5.76. The SMILES string of the molecule is CN(CC1CCCCC1)C(=O)CCCNC(=O)NC1CCCCC1. The molecule has 0 unspecified atom stereocenters. The maximum atomic E-state index is 12.2. The van der Waals surface area contributed by atoms with Crippen molar-refractivity contribution in [2.75, 3.05) is 20.1 Å². The standard InChI is InChI=1S/C19H35N3O2/c1-22(15-16-9-4-2-5-10-16)18(23)13-8-14-20-19(24)21-17-11-6-3-7-12-17/h16-17H,2-15H2,1H3,(H2,20,21,24). The molecule has 5 nitrogen and oxygen atoms in total. The van der Waals surface area contributed by atoms with Crippen molar-refractivity contribution < 1.29 is 9.59 Å². The summed E-state index contributed by atoms with van der Waals surface area (Å²) in [5.41, 5.74) is 0. The first-order valence-electron chi connectivity index (χ1n) is 9.93. The normalized spacial score (nSPS) is 19.7. The van der Waals surface area contributed by atoms with E-state index in [9.17, 15) is 9.59 Å². The van der Waals surface area contributed by atoms with E-state index in [0.717, 1.165) is 19.4 Å². The van der Waals surface area contributed by atoms with Crippen molar-refractivity contribution in [3.05, 3.63) is 0 Å². The lowest BCUT2D eigenvalue weighted by molar-refractivity contribution is -0.130. The van der Waals surface area contributed by atoms with Gasteiger partial charge >= 0.3 is 6.03 Å². The highest BCUT2D eigenvalue weighted by atomic mass is 16.2. The minimum Gasteiger partial charge on any atom is -0.345 e. The van der Waals surface area contributed by atoms with Gasteiger partial charge in [-0.1, -0.05) is 38.5 Å². The van der Waals surface area contributed by atoms with E-state index in [1.165, 1.54) is 51.4 Å². The molecule has 0 bridgehead atoms. The fraction of sp³-hybridized carbons (Fsp3) is 0.895. The van der Waals surface area contributed by atoms with Crippen molar-refractivity contribution in [2.24, 2.45) is 5.92 Å². The van der Waals surface area contributed by atoms with Crippen LogP contribution in [0.15, 0.2) is 0 Å². The third-order valence-corrected chi connectivity index (χ3v) is 5.48. The van der Waals surface area contributed by atoms with Crippen molar-refractivity contribution in [1.82, 2.24) is 15.5 Å². The van der Waals surface area contributed by atoms with E-state index in [2.05, 4.69) is 10.6 Å². The van der Waals surface area contributed by atoms with Gasteiger partial charge in [0.05, 0.1) is 0 Å². The third-order valence-electron chi connectivity index (χ3n) is 5.48. The summed E-state index contributed by atoms with van der Waals surface area (Å²) in [6.07, 6.45) is 13.6. The zero-order valence-corrected chi connectivity index (χ0v) is 15.3. The predicted octanol–water partition coefficient (Wildman–Crippen LogP) is 3.44. The van der Waals surface area contributed by atoms with Gasteiger partial charge < -0.3 is 15.5 Å². The number of amides is 3. The van der Waals surface area contributed by atoms with Crippen LogP contribution in [-0.4, -0.2) is 43.0 Å². The van der Waals surface area contributed by atoms with Crippen molar-refractivity contribution in [3.8, 4) is 0 Å². The molecule has 0 aromatic carbocycles. The van der Waals surface area contributed by atoms with Crippen LogP contribution in [0, 0.1) is 5.92 Å². The summed E-state index contributed by atoms with van der Waals surface area (Å²) in [4.78, 5) is 25.9. The lowest BCUT2D eigenvalue weighted by Crippen LogP contribution is -2.43. The van der Waals surface area contributed by atoms with Gasteiger partial charge in [0.1, 0.15) is 0 Å². The maximum Gasteiger partial charge on any atom is 0.315 e. The summed E-state index contributed by atoms with van der Waals surface area (Å²) < 4.78 is 0. The maximum absolute atomic E-state index is 12.2. The minimum absolute atomic E-state index is 0.0788. The Morgan fingerprint density at radius 1 is 0.958 bits per heavy atom. The molecule has 2 N–H and O–H groups in total. The summed E-state index contributed by atoms with van der Waals surface area (Å²) in [6, 6.07) is 0.256. The molecule has 24 heavy (non-hydrogen) atoms.